The largest absolute Gasteiger partial charge is 0.488 e. The van der Waals surface area contributed by atoms with E-state index in [4.69, 9.17) is 8.92 Å². The van der Waals surface area contributed by atoms with E-state index in [0.717, 1.165) is 11.8 Å². The maximum absolute atomic E-state index is 11.4. The fraction of sp³-hybridized carbons (Fsp3) is 0.350. The first kappa shape index (κ1) is 18.4. The molecule has 3 nitrogen and oxygen atoms in total. The van der Waals surface area contributed by atoms with Crippen LogP contribution in [0.5, 0.6) is 11.5 Å². The van der Waals surface area contributed by atoms with Gasteiger partial charge < -0.3 is 8.92 Å². The molecule has 0 aliphatic rings. The minimum absolute atomic E-state index is 0.0524. The first-order valence-electron chi connectivity index (χ1n) is 7.91. The van der Waals surface area contributed by atoms with E-state index < -0.39 is 10.3 Å². The third kappa shape index (κ3) is 4.54. The molecule has 0 unspecified atom stereocenters. The highest BCUT2D eigenvalue weighted by Crippen LogP contribution is 2.53. The van der Waals surface area contributed by atoms with Gasteiger partial charge in [0.05, 0.1) is 5.56 Å². The Morgan fingerprint density at radius 1 is 1.04 bits per heavy atom. The van der Waals surface area contributed by atoms with Gasteiger partial charge in [-0.25, -0.2) is 0 Å². The molecule has 0 aliphatic heterocycles. The minimum Gasteiger partial charge on any atom is -0.488 e. The van der Waals surface area contributed by atoms with Gasteiger partial charge in [-0.15, -0.1) is 0 Å². The van der Waals surface area contributed by atoms with Crippen LogP contribution in [-0.4, -0.2) is 23.5 Å². The van der Waals surface area contributed by atoms with Crippen molar-refractivity contribution in [1.82, 2.24) is 0 Å². The maximum atomic E-state index is 11.4. The molecule has 0 bridgehead atoms. The summed E-state index contributed by atoms with van der Waals surface area (Å²) >= 11 is 0. The van der Waals surface area contributed by atoms with Crippen molar-refractivity contribution in [1.29, 1.82) is 0 Å². The topological polar surface area (TPSA) is 35.5 Å². The Bertz CT molecular complexity index is 688. The fourth-order valence-electron chi connectivity index (χ4n) is 1.90. The van der Waals surface area contributed by atoms with Crippen LogP contribution in [0.15, 0.2) is 48.5 Å². The van der Waals surface area contributed by atoms with Gasteiger partial charge in [0, 0.05) is 4.75 Å². The van der Waals surface area contributed by atoms with E-state index in [1.165, 1.54) is 0 Å². The zero-order valence-electron chi connectivity index (χ0n) is 15.0. The van der Waals surface area contributed by atoms with Gasteiger partial charge in [-0.05, 0) is 57.0 Å². The summed E-state index contributed by atoms with van der Waals surface area (Å²) in [4.78, 5) is 11.4. The lowest BCUT2D eigenvalue weighted by Crippen LogP contribution is -2.27. The number of hydrogen-bond acceptors (Lipinski definition) is 3. The van der Waals surface area contributed by atoms with Gasteiger partial charge in [0.1, 0.15) is 18.1 Å². The van der Waals surface area contributed by atoms with Crippen LogP contribution in [0.1, 0.15) is 36.7 Å². The van der Waals surface area contributed by atoms with Crippen molar-refractivity contribution in [2.75, 3.05) is 12.5 Å². The molecular weight excluding hydrogens is 320 g/mol. The third-order valence-corrected chi connectivity index (χ3v) is 7.68. The number of rotatable bonds is 6. The summed E-state index contributed by atoms with van der Waals surface area (Å²) in [5, 5.41) is 0. The summed E-state index contributed by atoms with van der Waals surface area (Å²) in [6.07, 6.45) is 5.08. The monoisotopic (exact) mass is 346 g/mol. The molecule has 0 saturated heterocycles. The molecule has 0 fully saturated rings. The Morgan fingerprint density at radius 2 is 1.71 bits per heavy atom. The predicted octanol–water partition coefficient (Wildman–Crippen LogP) is 5.23. The molecular formula is C20H26O3S. The summed E-state index contributed by atoms with van der Waals surface area (Å²) < 4.78 is 12.0. The first-order chi connectivity index (χ1) is 11.2. The van der Waals surface area contributed by atoms with Crippen molar-refractivity contribution in [3.63, 3.8) is 0 Å². The van der Waals surface area contributed by atoms with Gasteiger partial charge in [-0.1, -0.05) is 40.6 Å². The molecule has 0 spiro atoms. The van der Waals surface area contributed by atoms with Crippen molar-refractivity contribution < 1.29 is 13.7 Å². The van der Waals surface area contributed by atoms with Crippen LogP contribution in [-0.2, 0) is 6.61 Å². The number of aldehydes is 1. The molecule has 2 rings (SSSR count). The lowest BCUT2D eigenvalue weighted by Gasteiger charge is -2.43. The molecule has 4 heteroatoms. The molecule has 2 aromatic rings. The van der Waals surface area contributed by atoms with Crippen LogP contribution in [0.25, 0.3) is 0 Å². The Hall–Kier alpha value is -1.94. The average Bonchev–Trinajstić information content (AvgIpc) is 2.53. The van der Waals surface area contributed by atoms with Crippen LogP contribution in [0, 0.1) is 0 Å². The van der Waals surface area contributed by atoms with Crippen molar-refractivity contribution in [2.45, 2.75) is 32.1 Å². The second-order valence-electron chi connectivity index (χ2n) is 7.02. The van der Waals surface area contributed by atoms with E-state index in [1.807, 2.05) is 36.4 Å². The molecule has 2 aromatic carbocycles. The smallest absolute Gasteiger partial charge is 0.153 e. The van der Waals surface area contributed by atoms with Gasteiger partial charge in [0.15, 0.2) is 6.29 Å². The fourth-order valence-corrected chi connectivity index (χ4v) is 2.74. The molecule has 0 aliphatic carbocycles. The molecule has 130 valence electrons. The Balaban J connectivity index is 2.14. The first-order valence-corrected chi connectivity index (χ1v) is 10.3. The number of carbonyl (C=O) groups excluding carboxylic acids is 1. The van der Waals surface area contributed by atoms with Gasteiger partial charge in [0.25, 0.3) is 0 Å². The summed E-state index contributed by atoms with van der Waals surface area (Å²) in [5.74, 6) is 1.28. The molecule has 0 N–H and O–H groups in total. The van der Waals surface area contributed by atoms with Crippen molar-refractivity contribution in [2.24, 2.45) is 0 Å². The molecule has 0 saturated carbocycles. The quantitative estimate of drug-likeness (QED) is 0.671. The molecule has 0 aromatic heterocycles. The molecule has 0 heterocycles. The highest BCUT2D eigenvalue weighted by molar-refractivity contribution is 8.30. The van der Waals surface area contributed by atoms with Crippen LogP contribution < -0.4 is 8.92 Å². The maximum Gasteiger partial charge on any atom is 0.153 e. The van der Waals surface area contributed by atoms with Crippen LogP contribution in [0.2, 0.25) is 0 Å². The van der Waals surface area contributed by atoms with Crippen molar-refractivity contribution in [3.8, 4) is 11.5 Å². The van der Waals surface area contributed by atoms with Crippen LogP contribution in [0.3, 0.4) is 0 Å². The molecule has 0 atom stereocenters. The van der Waals surface area contributed by atoms with Gasteiger partial charge in [-0.3, -0.25) is 4.79 Å². The number of hydrogen-bond donors (Lipinski definition) is 0. The normalized spacial score (nSPS) is 12.5. The molecule has 0 amide bonds. The molecule has 0 radical (unpaired) electrons. The van der Waals surface area contributed by atoms with E-state index in [-0.39, 0.29) is 4.75 Å². The highest BCUT2D eigenvalue weighted by atomic mass is 32.3. The lowest BCUT2D eigenvalue weighted by atomic mass is 10.2. The summed E-state index contributed by atoms with van der Waals surface area (Å²) in [6, 6.07) is 15.3. The summed E-state index contributed by atoms with van der Waals surface area (Å²) in [5.41, 5.74) is 1.57. The number of ether oxygens (including phenoxy) is 1. The Kier molecular flexibility index (Phi) is 5.60. The summed E-state index contributed by atoms with van der Waals surface area (Å²) in [6.45, 7) is 6.93. The zero-order valence-corrected chi connectivity index (χ0v) is 15.9. The summed E-state index contributed by atoms with van der Waals surface area (Å²) in [7, 11) is -1.30. The van der Waals surface area contributed by atoms with E-state index in [2.05, 4.69) is 33.3 Å². The minimum atomic E-state index is -1.30. The SMILES string of the molecule is CC(C)(C)S(C)(C)Oc1ccc(OCc2ccccc2)c(C=O)c1. The Morgan fingerprint density at radius 3 is 2.29 bits per heavy atom. The lowest BCUT2D eigenvalue weighted by molar-refractivity contribution is 0.111. The van der Waals surface area contributed by atoms with Gasteiger partial charge in [-0.2, -0.15) is 0 Å². The van der Waals surface area contributed by atoms with Gasteiger partial charge in [0.2, 0.25) is 0 Å². The molecule has 24 heavy (non-hydrogen) atoms. The standard InChI is InChI=1S/C20H26O3S/c1-20(2,3)24(4,5)23-18-11-12-19(17(13-18)14-21)22-15-16-9-7-6-8-10-16/h6-14H,15H2,1-5H3. The Labute approximate surface area is 146 Å². The van der Waals surface area contributed by atoms with Crippen LogP contribution in [0.4, 0.5) is 0 Å². The van der Waals surface area contributed by atoms with E-state index in [9.17, 15) is 4.79 Å². The second-order valence-corrected chi connectivity index (χ2v) is 10.9. The number of benzene rings is 2. The van der Waals surface area contributed by atoms with Crippen molar-refractivity contribution >= 4 is 16.6 Å². The van der Waals surface area contributed by atoms with E-state index in [0.29, 0.717) is 23.7 Å². The van der Waals surface area contributed by atoms with Crippen LogP contribution >= 0.6 is 10.3 Å². The number of carbonyl (C=O) groups is 1. The van der Waals surface area contributed by atoms with Gasteiger partial charge >= 0.3 is 0 Å². The zero-order chi connectivity index (χ0) is 17.8. The second kappa shape index (κ2) is 7.31. The average molecular weight is 346 g/mol. The third-order valence-electron chi connectivity index (χ3n) is 4.12. The highest BCUT2D eigenvalue weighted by Gasteiger charge is 2.30. The van der Waals surface area contributed by atoms with Crippen molar-refractivity contribution in [3.05, 3.63) is 59.7 Å². The van der Waals surface area contributed by atoms with E-state index in [1.54, 1.807) is 12.1 Å². The predicted molar refractivity (Wildman–Crippen MR) is 102 cm³/mol. The van der Waals surface area contributed by atoms with E-state index >= 15 is 0 Å².